The van der Waals surface area contributed by atoms with Gasteiger partial charge in [-0.15, -0.1) is 4.90 Å². The predicted octanol–water partition coefficient (Wildman–Crippen LogP) is 6.91. The third kappa shape index (κ3) is 8.55. The van der Waals surface area contributed by atoms with Crippen LogP contribution in [0.2, 0.25) is 0 Å². The summed E-state index contributed by atoms with van der Waals surface area (Å²) in [5, 5.41) is 11.3. The molecule has 0 bridgehead atoms. The average molecular weight is 634 g/mol. The quantitative estimate of drug-likeness (QED) is 0.350. The van der Waals surface area contributed by atoms with Crippen LogP contribution in [-0.2, 0) is 19.7 Å². The number of halogens is 4. The van der Waals surface area contributed by atoms with E-state index in [1.54, 1.807) is 6.07 Å². The zero-order valence-electron chi connectivity index (χ0n) is 25.5. The molecular formula is C30H31F4N5O6. The third-order valence-corrected chi connectivity index (χ3v) is 5.73. The number of carbonyl (C=O) groups is 3. The number of nitrogens with zero attached hydrogens (tertiary/aromatic N) is 4. The Hall–Kier alpha value is -5.00. The van der Waals surface area contributed by atoms with Crippen molar-refractivity contribution in [1.82, 2.24) is 9.88 Å². The van der Waals surface area contributed by atoms with Crippen LogP contribution in [0.4, 0.5) is 32.8 Å². The Labute approximate surface area is 256 Å². The minimum atomic E-state index is -3.13. The van der Waals surface area contributed by atoms with Crippen molar-refractivity contribution in [1.29, 1.82) is 5.26 Å². The number of pyridine rings is 1. The molecule has 2 heterocycles. The number of alkyl halides is 3. The summed E-state index contributed by atoms with van der Waals surface area (Å²) in [4.78, 5) is 47.5. The number of nitrogens with one attached hydrogen (secondary N) is 1. The number of rotatable bonds is 5. The van der Waals surface area contributed by atoms with Crippen LogP contribution >= 0.6 is 0 Å². The molecule has 0 saturated carbocycles. The van der Waals surface area contributed by atoms with Gasteiger partial charge in [0.05, 0.1) is 11.1 Å². The first-order chi connectivity index (χ1) is 20.8. The van der Waals surface area contributed by atoms with E-state index in [4.69, 9.17) is 19.5 Å². The van der Waals surface area contributed by atoms with Crippen molar-refractivity contribution >= 4 is 29.8 Å². The number of aromatic nitrogens is 1. The van der Waals surface area contributed by atoms with E-state index in [0.717, 1.165) is 36.5 Å². The Morgan fingerprint density at radius 3 is 2.20 bits per heavy atom. The molecule has 1 N–H and O–H groups in total. The summed E-state index contributed by atoms with van der Waals surface area (Å²) in [5.41, 5.74) is -6.09. The summed E-state index contributed by atoms with van der Waals surface area (Å²) in [7, 11) is 0. The molecule has 240 valence electrons. The second kappa shape index (κ2) is 12.9. The molecule has 0 spiro atoms. The summed E-state index contributed by atoms with van der Waals surface area (Å²) in [6, 6.07) is 4.87. The molecule has 2 aromatic rings. The molecule has 3 amide bonds. The fourth-order valence-electron chi connectivity index (χ4n) is 3.94. The summed E-state index contributed by atoms with van der Waals surface area (Å²) < 4.78 is 72.7. The van der Waals surface area contributed by atoms with Crippen molar-refractivity contribution in [3.63, 3.8) is 0 Å². The average Bonchev–Trinajstić information content (AvgIpc) is 2.91. The number of ether oxygens (including phenoxy) is 3. The minimum Gasteiger partial charge on any atom is -0.443 e. The lowest BCUT2D eigenvalue weighted by atomic mass is 9.90. The number of amidine groups is 1. The third-order valence-electron chi connectivity index (χ3n) is 5.73. The van der Waals surface area contributed by atoms with E-state index in [1.165, 1.54) is 48.5 Å². The summed E-state index contributed by atoms with van der Waals surface area (Å²) in [6.07, 6.45) is -3.64. The first-order valence-electron chi connectivity index (χ1n) is 13.4. The molecule has 1 aromatic heterocycles. The highest BCUT2D eigenvalue weighted by Gasteiger charge is 2.42. The summed E-state index contributed by atoms with van der Waals surface area (Å²) in [5.74, 6) is -2.44. The molecule has 0 unspecified atom stereocenters. The predicted molar refractivity (Wildman–Crippen MR) is 152 cm³/mol. The highest BCUT2D eigenvalue weighted by atomic mass is 19.3. The number of hydrogen-bond donors (Lipinski definition) is 1. The second-order valence-corrected chi connectivity index (χ2v) is 11.9. The first-order valence-corrected chi connectivity index (χ1v) is 13.4. The van der Waals surface area contributed by atoms with E-state index >= 15 is 4.39 Å². The fraction of sp³-hybridized carbons (Fsp3) is 0.400. The molecule has 0 fully saturated rings. The van der Waals surface area contributed by atoms with Crippen LogP contribution < -0.4 is 5.32 Å². The van der Waals surface area contributed by atoms with Crippen LogP contribution in [-0.4, -0.2) is 51.9 Å². The number of carbonyl (C=O) groups excluding carboxylic acids is 3. The lowest BCUT2D eigenvalue weighted by Gasteiger charge is -2.33. The number of nitriles is 1. The molecule has 1 aliphatic rings. The van der Waals surface area contributed by atoms with Gasteiger partial charge in [-0.25, -0.2) is 37.1 Å². The van der Waals surface area contributed by atoms with E-state index in [1.807, 2.05) is 0 Å². The zero-order chi connectivity index (χ0) is 33.9. The Bertz CT molecular complexity index is 1580. The van der Waals surface area contributed by atoms with Gasteiger partial charge in [0.25, 0.3) is 12.3 Å². The molecule has 0 radical (unpaired) electrons. The van der Waals surface area contributed by atoms with Crippen molar-refractivity contribution < 1.29 is 46.2 Å². The van der Waals surface area contributed by atoms with Crippen molar-refractivity contribution in [2.45, 2.75) is 71.6 Å². The van der Waals surface area contributed by atoms with Gasteiger partial charge in [-0.3, -0.25) is 4.79 Å². The van der Waals surface area contributed by atoms with Crippen LogP contribution in [0.25, 0.3) is 0 Å². The molecule has 11 nitrogen and oxygen atoms in total. The molecule has 0 aliphatic carbocycles. The number of amides is 3. The highest BCUT2D eigenvalue weighted by Crippen LogP contribution is 2.36. The van der Waals surface area contributed by atoms with E-state index in [2.05, 4.69) is 15.3 Å². The molecule has 15 heteroatoms. The van der Waals surface area contributed by atoms with E-state index in [9.17, 15) is 27.6 Å². The topological polar surface area (TPSA) is 143 Å². The van der Waals surface area contributed by atoms with E-state index < -0.39 is 76.8 Å². The lowest BCUT2D eigenvalue weighted by Crippen LogP contribution is -2.49. The molecule has 3 rings (SSSR count). The lowest BCUT2D eigenvalue weighted by molar-refractivity contribution is 0.0105. The van der Waals surface area contributed by atoms with Crippen molar-refractivity contribution in [3.05, 3.63) is 70.5 Å². The molecule has 1 atom stereocenters. The van der Waals surface area contributed by atoms with E-state index in [0.29, 0.717) is 4.90 Å². The Kier molecular flexibility index (Phi) is 9.91. The van der Waals surface area contributed by atoms with Crippen LogP contribution in [0.3, 0.4) is 0 Å². The zero-order valence-corrected chi connectivity index (χ0v) is 25.5. The SMILES string of the molecule is CC(C)(C)OC(=O)N(C(=O)OC(C)(C)C)C1=N[C@](C)(c2cc(NC(=O)c3ncc(C#N)cc3C(F)F)ccc2F)C=C(CF)O1. The van der Waals surface area contributed by atoms with Crippen molar-refractivity contribution in [3.8, 4) is 6.07 Å². The normalized spacial score (nSPS) is 16.5. The number of allylic oxidation sites excluding steroid dienone is 1. The maximum atomic E-state index is 15.3. The Balaban J connectivity index is 2.09. The maximum Gasteiger partial charge on any atom is 0.428 e. The van der Waals surface area contributed by atoms with Crippen LogP contribution in [0.5, 0.6) is 0 Å². The largest absolute Gasteiger partial charge is 0.443 e. The van der Waals surface area contributed by atoms with Gasteiger partial charge in [0.1, 0.15) is 46.8 Å². The molecule has 1 aromatic carbocycles. The second-order valence-electron chi connectivity index (χ2n) is 11.9. The van der Waals surface area contributed by atoms with Gasteiger partial charge in [0.15, 0.2) is 0 Å². The van der Waals surface area contributed by atoms with Gasteiger partial charge in [0.2, 0.25) is 0 Å². The van der Waals surface area contributed by atoms with Gasteiger partial charge >= 0.3 is 18.2 Å². The molecule has 1 aliphatic heterocycles. The summed E-state index contributed by atoms with van der Waals surface area (Å²) >= 11 is 0. The number of aliphatic imine (C=N–C) groups is 1. The smallest absolute Gasteiger partial charge is 0.428 e. The van der Waals surface area contributed by atoms with Gasteiger partial charge < -0.3 is 19.5 Å². The minimum absolute atomic E-state index is 0.0985. The standard InChI is InChI=1S/C30H31F4N5O6/c1-28(2,3)44-26(41)39(27(42)45-29(4,5)6)25-38-30(7,12-18(13-31)43-25)20-11-17(8-9-21(20)32)37-24(40)22-19(23(33)34)10-16(14-35)15-36-22/h8-12,15,23H,13H2,1-7H3,(H,37,40)/t30-/m0/s1. The van der Waals surface area contributed by atoms with Crippen molar-refractivity contribution in [2.75, 3.05) is 12.0 Å². The molecule has 0 saturated heterocycles. The molecule has 45 heavy (non-hydrogen) atoms. The number of anilines is 1. The van der Waals surface area contributed by atoms with Crippen LogP contribution in [0, 0.1) is 17.1 Å². The first kappa shape index (κ1) is 34.5. The molecular weight excluding hydrogens is 602 g/mol. The summed E-state index contributed by atoms with van der Waals surface area (Å²) in [6.45, 7) is 9.25. The highest BCUT2D eigenvalue weighted by molar-refractivity contribution is 6.06. The Morgan fingerprint density at radius 2 is 1.69 bits per heavy atom. The van der Waals surface area contributed by atoms with Gasteiger partial charge in [-0.1, -0.05) is 0 Å². The number of imide groups is 1. The maximum absolute atomic E-state index is 15.3. The Morgan fingerprint density at radius 1 is 1.09 bits per heavy atom. The van der Waals surface area contributed by atoms with Gasteiger partial charge in [-0.05, 0) is 78.8 Å². The van der Waals surface area contributed by atoms with Crippen LogP contribution in [0.15, 0.2) is 47.3 Å². The van der Waals surface area contributed by atoms with Crippen LogP contribution in [0.1, 0.15) is 82.1 Å². The van der Waals surface area contributed by atoms with Crippen molar-refractivity contribution in [2.24, 2.45) is 4.99 Å². The van der Waals surface area contributed by atoms with Gasteiger partial charge in [0, 0.05) is 17.4 Å². The monoisotopic (exact) mass is 633 g/mol. The van der Waals surface area contributed by atoms with Gasteiger partial charge in [-0.2, -0.15) is 5.26 Å². The number of benzene rings is 1. The van der Waals surface area contributed by atoms with E-state index in [-0.39, 0.29) is 16.8 Å². The fourth-order valence-corrected chi connectivity index (χ4v) is 3.94. The number of hydrogen-bond acceptors (Lipinski definition) is 9.